The van der Waals surface area contributed by atoms with Gasteiger partial charge in [0.2, 0.25) is 5.91 Å². The molecular weight excluding hydrogens is 512 g/mol. The Morgan fingerprint density at radius 1 is 1.05 bits per heavy atom. The molecule has 0 saturated carbocycles. The number of ether oxygens (including phenoxy) is 3. The average Bonchev–Trinajstić information content (AvgIpc) is 3.30. The number of alkyl carbamates (subject to hydrolysis) is 1. The number of aliphatic hydroxyl groups is 1. The van der Waals surface area contributed by atoms with Crippen molar-refractivity contribution < 1.29 is 33.7 Å². The van der Waals surface area contributed by atoms with Gasteiger partial charge >= 0.3 is 12.2 Å². The molecule has 3 rings (SSSR count). The highest BCUT2D eigenvalue weighted by Gasteiger charge is 2.44. The molecule has 2 aromatic carbocycles. The van der Waals surface area contributed by atoms with Crippen molar-refractivity contribution >= 4 is 18.1 Å². The first-order valence-corrected chi connectivity index (χ1v) is 13.8. The van der Waals surface area contributed by atoms with Gasteiger partial charge in [0, 0.05) is 0 Å². The van der Waals surface area contributed by atoms with Gasteiger partial charge in [0.1, 0.15) is 24.6 Å². The summed E-state index contributed by atoms with van der Waals surface area (Å²) in [7, 11) is 0. The molecular formula is C31H42N2O7. The van der Waals surface area contributed by atoms with Crippen LogP contribution in [-0.2, 0) is 27.3 Å². The molecule has 1 heterocycles. The highest BCUT2D eigenvalue weighted by Crippen LogP contribution is 2.25. The van der Waals surface area contributed by atoms with Gasteiger partial charge in [-0.1, -0.05) is 63.2 Å². The molecule has 9 heteroatoms. The van der Waals surface area contributed by atoms with Crippen LogP contribution in [0.3, 0.4) is 0 Å². The SMILES string of the molecule is CC(C)C1COC(=O)N1C(=O)[C@H](C)[C@@H](O)[C@H](CCc1ccc(OCc2ccccc2)cc1)NC(=O)OC(C)(C)C. The zero-order chi connectivity index (χ0) is 29.4. The first kappa shape index (κ1) is 30.9. The second-order valence-corrected chi connectivity index (χ2v) is 11.6. The fraction of sp³-hybridized carbons (Fsp3) is 0.516. The molecule has 40 heavy (non-hydrogen) atoms. The number of aliphatic hydroxyl groups excluding tert-OH is 1. The molecule has 0 spiro atoms. The van der Waals surface area contributed by atoms with Crippen LogP contribution in [-0.4, -0.2) is 58.5 Å². The van der Waals surface area contributed by atoms with Crippen LogP contribution in [0.4, 0.5) is 9.59 Å². The number of nitrogens with one attached hydrogen (secondary N) is 1. The predicted molar refractivity (Wildman–Crippen MR) is 151 cm³/mol. The van der Waals surface area contributed by atoms with Crippen molar-refractivity contribution in [3.8, 4) is 5.75 Å². The minimum Gasteiger partial charge on any atom is -0.489 e. The molecule has 0 aliphatic carbocycles. The van der Waals surface area contributed by atoms with E-state index in [-0.39, 0.29) is 12.5 Å². The van der Waals surface area contributed by atoms with Crippen LogP contribution in [0.25, 0.3) is 0 Å². The van der Waals surface area contributed by atoms with Crippen molar-refractivity contribution in [3.63, 3.8) is 0 Å². The summed E-state index contributed by atoms with van der Waals surface area (Å²) >= 11 is 0. The third-order valence-corrected chi connectivity index (χ3v) is 6.84. The van der Waals surface area contributed by atoms with Crippen LogP contribution >= 0.6 is 0 Å². The Labute approximate surface area is 236 Å². The summed E-state index contributed by atoms with van der Waals surface area (Å²) in [6.45, 7) is 11.2. The van der Waals surface area contributed by atoms with Gasteiger partial charge in [0.25, 0.3) is 0 Å². The molecule has 0 radical (unpaired) electrons. The number of rotatable bonds is 11. The number of amides is 3. The monoisotopic (exact) mass is 554 g/mol. The topological polar surface area (TPSA) is 114 Å². The van der Waals surface area contributed by atoms with Crippen LogP contribution in [0, 0.1) is 11.8 Å². The van der Waals surface area contributed by atoms with E-state index in [1.165, 1.54) is 0 Å². The van der Waals surface area contributed by atoms with E-state index < -0.39 is 47.8 Å². The number of cyclic esters (lactones) is 1. The molecule has 3 amide bonds. The third-order valence-electron chi connectivity index (χ3n) is 6.84. The lowest BCUT2D eigenvalue weighted by Crippen LogP contribution is -2.53. The Bertz CT molecular complexity index is 1130. The van der Waals surface area contributed by atoms with Crippen molar-refractivity contribution in [2.45, 2.75) is 84.8 Å². The summed E-state index contributed by atoms with van der Waals surface area (Å²) in [5, 5.41) is 14.0. The second-order valence-electron chi connectivity index (χ2n) is 11.6. The molecule has 0 aromatic heterocycles. The quantitative estimate of drug-likeness (QED) is 0.398. The standard InChI is InChI=1S/C31H42N2O7/c1-20(2)26-19-39-30(37)33(26)28(35)21(3)27(34)25(32-29(36)40-31(4,5)6)17-14-22-12-15-24(16-13-22)38-18-23-10-8-7-9-11-23/h7-13,15-16,20-21,25-27,34H,14,17-19H2,1-6H3,(H,32,36)/t21-,25+,26?,27-/m1/s1. The fourth-order valence-electron chi connectivity index (χ4n) is 4.50. The van der Waals surface area contributed by atoms with Crippen LogP contribution in [0.1, 0.15) is 59.1 Å². The minimum atomic E-state index is -1.27. The highest BCUT2D eigenvalue weighted by atomic mass is 16.6. The lowest BCUT2D eigenvalue weighted by atomic mass is 9.91. The average molecular weight is 555 g/mol. The van der Waals surface area contributed by atoms with Gasteiger partial charge in [-0.05, 0) is 62.8 Å². The summed E-state index contributed by atoms with van der Waals surface area (Å²) in [5.74, 6) is -0.784. The van der Waals surface area contributed by atoms with Crippen molar-refractivity contribution in [2.75, 3.05) is 6.61 Å². The van der Waals surface area contributed by atoms with Crippen molar-refractivity contribution in [3.05, 3.63) is 65.7 Å². The maximum absolute atomic E-state index is 13.3. The summed E-state index contributed by atoms with van der Waals surface area (Å²) in [4.78, 5) is 39.4. The highest BCUT2D eigenvalue weighted by molar-refractivity contribution is 5.95. The molecule has 1 unspecified atom stereocenters. The number of imide groups is 1. The summed E-state index contributed by atoms with van der Waals surface area (Å²) in [5.41, 5.74) is 1.31. The molecule has 9 nitrogen and oxygen atoms in total. The zero-order valence-corrected chi connectivity index (χ0v) is 24.3. The zero-order valence-electron chi connectivity index (χ0n) is 24.3. The largest absolute Gasteiger partial charge is 0.489 e. The molecule has 1 aliphatic heterocycles. The van der Waals surface area contributed by atoms with Gasteiger partial charge < -0.3 is 24.6 Å². The predicted octanol–water partition coefficient (Wildman–Crippen LogP) is 5.09. The summed E-state index contributed by atoms with van der Waals surface area (Å²) < 4.78 is 16.4. The van der Waals surface area contributed by atoms with E-state index in [0.717, 1.165) is 21.8 Å². The molecule has 4 atom stereocenters. The van der Waals surface area contributed by atoms with Crippen LogP contribution in [0.15, 0.2) is 54.6 Å². The van der Waals surface area contributed by atoms with E-state index in [0.29, 0.717) is 19.4 Å². The number of nitrogens with zero attached hydrogens (tertiary/aromatic N) is 1. The maximum atomic E-state index is 13.3. The van der Waals surface area contributed by atoms with E-state index in [1.54, 1.807) is 27.7 Å². The van der Waals surface area contributed by atoms with E-state index in [2.05, 4.69) is 5.32 Å². The number of aryl methyl sites for hydroxylation is 1. The van der Waals surface area contributed by atoms with E-state index >= 15 is 0 Å². The number of hydrogen-bond donors (Lipinski definition) is 2. The summed E-state index contributed by atoms with van der Waals surface area (Å²) in [6, 6.07) is 16.3. The molecule has 1 saturated heterocycles. The maximum Gasteiger partial charge on any atom is 0.416 e. The van der Waals surface area contributed by atoms with Gasteiger partial charge in [-0.3, -0.25) is 4.79 Å². The molecule has 0 bridgehead atoms. The van der Waals surface area contributed by atoms with Gasteiger partial charge in [-0.2, -0.15) is 0 Å². The molecule has 1 fully saturated rings. The minimum absolute atomic E-state index is 0.00456. The fourth-order valence-corrected chi connectivity index (χ4v) is 4.50. The number of benzene rings is 2. The smallest absolute Gasteiger partial charge is 0.416 e. The molecule has 1 aliphatic rings. The Morgan fingerprint density at radius 2 is 1.70 bits per heavy atom. The van der Waals surface area contributed by atoms with Gasteiger partial charge in [-0.15, -0.1) is 0 Å². The first-order chi connectivity index (χ1) is 18.9. The van der Waals surface area contributed by atoms with Crippen molar-refractivity contribution in [1.29, 1.82) is 0 Å². The van der Waals surface area contributed by atoms with Crippen LogP contribution < -0.4 is 10.1 Å². The molecule has 218 valence electrons. The lowest BCUT2D eigenvalue weighted by Gasteiger charge is -2.32. The number of carbonyl (C=O) groups excluding carboxylic acids is 3. The van der Waals surface area contributed by atoms with E-state index in [9.17, 15) is 19.5 Å². The van der Waals surface area contributed by atoms with Crippen molar-refractivity contribution in [1.82, 2.24) is 10.2 Å². The Hall–Kier alpha value is -3.59. The van der Waals surface area contributed by atoms with Gasteiger partial charge in [0.05, 0.1) is 24.1 Å². The number of hydrogen-bond acceptors (Lipinski definition) is 7. The third kappa shape index (κ3) is 8.71. The molecule has 2 N–H and O–H groups in total. The van der Waals surface area contributed by atoms with Gasteiger partial charge in [-0.25, -0.2) is 14.5 Å². The van der Waals surface area contributed by atoms with Crippen LogP contribution in [0.5, 0.6) is 5.75 Å². The lowest BCUT2D eigenvalue weighted by molar-refractivity contribution is -0.137. The van der Waals surface area contributed by atoms with Gasteiger partial charge in [0.15, 0.2) is 0 Å². The van der Waals surface area contributed by atoms with E-state index in [1.807, 2.05) is 68.4 Å². The summed E-state index contributed by atoms with van der Waals surface area (Å²) in [6.07, 6.45) is -1.83. The number of carbonyl (C=O) groups is 3. The van der Waals surface area contributed by atoms with E-state index in [4.69, 9.17) is 14.2 Å². The molecule has 2 aromatic rings. The first-order valence-electron chi connectivity index (χ1n) is 13.8. The Kier molecular flexibility index (Phi) is 10.6. The van der Waals surface area contributed by atoms with Crippen molar-refractivity contribution in [2.24, 2.45) is 11.8 Å². The normalized spacial score (nSPS) is 17.6. The Balaban J connectivity index is 1.68. The second kappa shape index (κ2) is 13.7. The van der Waals surface area contributed by atoms with Crippen LogP contribution in [0.2, 0.25) is 0 Å². The Morgan fingerprint density at radius 3 is 2.30 bits per heavy atom.